The third-order valence-electron chi connectivity index (χ3n) is 10.4. The first-order valence-electron chi connectivity index (χ1n) is 21.8. The Morgan fingerprint density at radius 2 is 0.700 bits per heavy atom. The number of unbranched alkanes of at least 4 members (excludes halogenated alkanes) is 21. The molecule has 6 heteroatoms. The summed E-state index contributed by atoms with van der Waals surface area (Å²) in [6, 6.07) is 0. The average Bonchev–Trinajstić information content (AvgIpc) is 3.11. The zero-order valence-corrected chi connectivity index (χ0v) is 34.0. The van der Waals surface area contributed by atoms with Crippen molar-refractivity contribution in [1.82, 2.24) is 0 Å². The van der Waals surface area contributed by atoms with E-state index in [-0.39, 0.29) is 31.1 Å². The van der Waals surface area contributed by atoms with Crippen LogP contribution in [0.3, 0.4) is 0 Å². The maximum atomic E-state index is 12.7. The van der Waals surface area contributed by atoms with Crippen molar-refractivity contribution in [2.45, 2.75) is 240 Å². The largest absolute Gasteiger partial charge is 0.462 e. The molecule has 0 fully saturated rings. The second-order valence-electron chi connectivity index (χ2n) is 15.5. The minimum absolute atomic E-state index is 0.0663. The van der Waals surface area contributed by atoms with Crippen LogP contribution in [0.2, 0.25) is 0 Å². The van der Waals surface area contributed by atoms with Gasteiger partial charge in [-0.3, -0.25) is 14.4 Å². The molecule has 2 unspecified atom stereocenters. The number of carbonyl (C=O) groups is 3. The minimum atomic E-state index is -0.760. The molecule has 0 amide bonds. The summed E-state index contributed by atoms with van der Waals surface area (Å²) in [5.74, 6) is 0.792. The van der Waals surface area contributed by atoms with Crippen molar-refractivity contribution in [1.29, 1.82) is 0 Å². The number of rotatable bonds is 38. The average molecular weight is 709 g/mol. The Morgan fingerprint density at radius 1 is 0.400 bits per heavy atom. The highest BCUT2D eigenvalue weighted by Crippen LogP contribution is 2.17. The SMILES string of the molecule is CCCCCCCCCCCCC(=O)OC[C@@H](COC(=O)CCCCCCCCCCC(C)CC)OC(=O)CCCCCCCCC(C)CC. The van der Waals surface area contributed by atoms with Crippen molar-refractivity contribution < 1.29 is 28.6 Å². The van der Waals surface area contributed by atoms with Crippen LogP contribution in [0, 0.1) is 11.8 Å². The lowest BCUT2D eigenvalue weighted by Gasteiger charge is -2.18. The molecule has 0 radical (unpaired) electrons. The Bertz CT molecular complexity index is 768. The molecule has 296 valence electrons. The van der Waals surface area contributed by atoms with Gasteiger partial charge in [0.25, 0.3) is 0 Å². The first kappa shape index (κ1) is 48.4. The molecule has 0 aromatic rings. The molecule has 0 spiro atoms. The van der Waals surface area contributed by atoms with Gasteiger partial charge in [0.1, 0.15) is 13.2 Å². The van der Waals surface area contributed by atoms with Crippen molar-refractivity contribution in [3.8, 4) is 0 Å². The van der Waals surface area contributed by atoms with Gasteiger partial charge in [-0.05, 0) is 31.1 Å². The summed E-state index contributed by atoms with van der Waals surface area (Å²) in [5.41, 5.74) is 0. The van der Waals surface area contributed by atoms with E-state index >= 15 is 0 Å². The number of carbonyl (C=O) groups excluding carboxylic acids is 3. The topological polar surface area (TPSA) is 78.9 Å². The van der Waals surface area contributed by atoms with Crippen molar-refractivity contribution in [3.05, 3.63) is 0 Å². The smallest absolute Gasteiger partial charge is 0.306 e. The summed E-state index contributed by atoms with van der Waals surface area (Å²) in [7, 11) is 0. The zero-order valence-electron chi connectivity index (χ0n) is 34.0. The standard InChI is InChI=1S/C44H84O6/c1-6-9-10-11-12-13-14-18-24-29-34-42(45)48-37-41(50-44(47)36-31-26-21-20-23-28-33-40(5)8-3)38-49-43(46)35-30-25-19-16-15-17-22-27-32-39(4)7-2/h39-41H,6-38H2,1-5H3/t39?,40?,41-/m0/s1. The summed E-state index contributed by atoms with van der Waals surface area (Å²) in [4.78, 5) is 37.6. The number of esters is 3. The fraction of sp³-hybridized carbons (Fsp3) is 0.932. The van der Waals surface area contributed by atoms with Crippen LogP contribution in [0.15, 0.2) is 0 Å². The van der Waals surface area contributed by atoms with Crippen LogP contribution < -0.4 is 0 Å². The van der Waals surface area contributed by atoms with Gasteiger partial charge in [-0.2, -0.15) is 0 Å². The Labute approximate surface area is 310 Å². The van der Waals surface area contributed by atoms with Gasteiger partial charge in [0.05, 0.1) is 0 Å². The van der Waals surface area contributed by atoms with Crippen LogP contribution in [0.4, 0.5) is 0 Å². The highest BCUT2D eigenvalue weighted by molar-refractivity contribution is 5.71. The molecular formula is C44H84O6. The Hall–Kier alpha value is -1.59. The van der Waals surface area contributed by atoms with E-state index in [1.165, 1.54) is 122 Å². The van der Waals surface area contributed by atoms with Gasteiger partial charge in [-0.1, -0.05) is 195 Å². The van der Waals surface area contributed by atoms with Crippen molar-refractivity contribution in [2.24, 2.45) is 11.8 Å². The van der Waals surface area contributed by atoms with Crippen LogP contribution >= 0.6 is 0 Å². The van der Waals surface area contributed by atoms with Crippen LogP contribution in [-0.2, 0) is 28.6 Å². The second kappa shape index (κ2) is 37.2. The molecule has 3 atom stereocenters. The third-order valence-corrected chi connectivity index (χ3v) is 10.4. The van der Waals surface area contributed by atoms with E-state index < -0.39 is 6.10 Å². The number of ether oxygens (including phenoxy) is 3. The molecule has 50 heavy (non-hydrogen) atoms. The lowest BCUT2D eigenvalue weighted by atomic mass is 9.99. The summed E-state index contributed by atoms with van der Waals surface area (Å²) >= 11 is 0. The van der Waals surface area contributed by atoms with E-state index in [1.807, 2.05) is 0 Å². The monoisotopic (exact) mass is 709 g/mol. The van der Waals surface area contributed by atoms with Crippen LogP contribution in [-0.4, -0.2) is 37.2 Å². The Kier molecular flexibility index (Phi) is 36.0. The van der Waals surface area contributed by atoms with Crippen molar-refractivity contribution in [3.63, 3.8) is 0 Å². The van der Waals surface area contributed by atoms with Crippen LogP contribution in [0.25, 0.3) is 0 Å². The van der Waals surface area contributed by atoms with E-state index in [9.17, 15) is 14.4 Å². The molecule has 0 aromatic carbocycles. The Balaban J connectivity index is 4.36. The molecule has 0 aliphatic heterocycles. The fourth-order valence-corrected chi connectivity index (χ4v) is 6.33. The third kappa shape index (κ3) is 34.8. The molecule has 0 saturated heterocycles. The molecule has 0 aliphatic carbocycles. The highest BCUT2D eigenvalue weighted by Gasteiger charge is 2.19. The van der Waals surface area contributed by atoms with E-state index in [4.69, 9.17) is 14.2 Å². The lowest BCUT2D eigenvalue weighted by molar-refractivity contribution is -0.167. The van der Waals surface area contributed by atoms with E-state index in [2.05, 4.69) is 34.6 Å². The van der Waals surface area contributed by atoms with Gasteiger partial charge in [0.15, 0.2) is 6.10 Å². The Morgan fingerprint density at radius 3 is 1.04 bits per heavy atom. The van der Waals surface area contributed by atoms with Gasteiger partial charge >= 0.3 is 17.9 Å². The van der Waals surface area contributed by atoms with Crippen molar-refractivity contribution >= 4 is 17.9 Å². The summed E-state index contributed by atoms with van der Waals surface area (Å²) < 4.78 is 16.7. The van der Waals surface area contributed by atoms with Crippen LogP contribution in [0.1, 0.15) is 234 Å². The van der Waals surface area contributed by atoms with Crippen LogP contribution in [0.5, 0.6) is 0 Å². The quantitative estimate of drug-likeness (QED) is 0.0361. The molecule has 0 aromatic heterocycles. The molecular weight excluding hydrogens is 624 g/mol. The number of hydrogen-bond donors (Lipinski definition) is 0. The zero-order chi connectivity index (χ0) is 36.9. The first-order chi connectivity index (χ1) is 24.3. The molecule has 0 bridgehead atoms. The fourth-order valence-electron chi connectivity index (χ4n) is 6.33. The summed E-state index contributed by atoms with van der Waals surface area (Å²) in [6.45, 7) is 11.3. The highest BCUT2D eigenvalue weighted by atomic mass is 16.6. The maximum absolute atomic E-state index is 12.7. The van der Waals surface area contributed by atoms with Gasteiger partial charge in [0, 0.05) is 19.3 Å². The van der Waals surface area contributed by atoms with Gasteiger partial charge in [-0.25, -0.2) is 0 Å². The molecule has 0 heterocycles. The molecule has 0 N–H and O–H groups in total. The summed E-state index contributed by atoms with van der Waals surface area (Å²) in [6.07, 6.45) is 33.7. The normalized spacial score (nSPS) is 13.1. The number of hydrogen-bond acceptors (Lipinski definition) is 6. The van der Waals surface area contributed by atoms with E-state index in [0.717, 1.165) is 69.6 Å². The molecule has 0 rings (SSSR count). The van der Waals surface area contributed by atoms with Gasteiger partial charge in [0.2, 0.25) is 0 Å². The predicted octanol–water partition coefficient (Wildman–Crippen LogP) is 13.4. The molecule has 0 aliphatic rings. The molecule has 6 nitrogen and oxygen atoms in total. The van der Waals surface area contributed by atoms with E-state index in [1.54, 1.807) is 0 Å². The van der Waals surface area contributed by atoms with Crippen molar-refractivity contribution in [2.75, 3.05) is 13.2 Å². The lowest BCUT2D eigenvalue weighted by Crippen LogP contribution is -2.30. The van der Waals surface area contributed by atoms with E-state index in [0.29, 0.717) is 19.3 Å². The second-order valence-corrected chi connectivity index (χ2v) is 15.5. The maximum Gasteiger partial charge on any atom is 0.306 e. The predicted molar refractivity (Wildman–Crippen MR) is 210 cm³/mol. The van der Waals surface area contributed by atoms with Gasteiger partial charge < -0.3 is 14.2 Å². The first-order valence-corrected chi connectivity index (χ1v) is 21.8. The minimum Gasteiger partial charge on any atom is -0.462 e. The summed E-state index contributed by atoms with van der Waals surface area (Å²) in [5, 5.41) is 0. The van der Waals surface area contributed by atoms with Gasteiger partial charge in [-0.15, -0.1) is 0 Å². The molecule has 0 saturated carbocycles.